The molecule has 0 saturated carbocycles. The van der Waals surface area contributed by atoms with Crippen molar-refractivity contribution < 1.29 is 4.79 Å². The predicted octanol–water partition coefficient (Wildman–Crippen LogP) is 2.38. The van der Waals surface area contributed by atoms with Crippen LogP contribution in [0.25, 0.3) is 0 Å². The van der Waals surface area contributed by atoms with E-state index in [0.29, 0.717) is 6.42 Å². The quantitative estimate of drug-likeness (QED) is 0.546. The number of allylic oxidation sites excluding steroid dienone is 4. The Kier molecular flexibility index (Phi) is 2.03. The van der Waals surface area contributed by atoms with Gasteiger partial charge in [-0.25, -0.2) is 0 Å². The Bertz CT molecular complexity index is 372. The first-order valence-corrected chi connectivity index (χ1v) is 4.97. The lowest BCUT2D eigenvalue weighted by molar-refractivity contribution is -0.124. The van der Waals surface area contributed by atoms with E-state index in [0.717, 1.165) is 18.4 Å². The Morgan fingerprint density at radius 1 is 1.57 bits per heavy atom. The van der Waals surface area contributed by atoms with Crippen molar-refractivity contribution in [1.29, 1.82) is 5.26 Å². The molecule has 0 spiro atoms. The minimum absolute atomic E-state index is 0.0924. The molecule has 0 heterocycles. The molecule has 0 amide bonds. The Labute approximate surface area is 83.9 Å². The van der Waals surface area contributed by atoms with Crippen molar-refractivity contribution in [2.24, 2.45) is 11.3 Å². The van der Waals surface area contributed by atoms with Crippen LogP contribution in [0.3, 0.4) is 0 Å². The van der Waals surface area contributed by atoms with Crippen LogP contribution >= 0.6 is 0 Å². The third kappa shape index (κ3) is 1.13. The molecular formula is C12H13NO. The van der Waals surface area contributed by atoms with Gasteiger partial charge >= 0.3 is 0 Å². The van der Waals surface area contributed by atoms with Crippen LogP contribution in [0.2, 0.25) is 0 Å². The normalized spacial score (nSPS) is 35.9. The number of rotatable bonds is 0. The first-order chi connectivity index (χ1) is 6.68. The molecule has 2 rings (SSSR count). The minimum Gasteiger partial charge on any atom is -0.298 e. The van der Waals surface area contributed by atoms with E-state index >= 15 is 0 Å². The van der Waals surface area contributed by atoms with Crippen LogP contribution < -0.4 is 0 Å². The molecule has 2 atom stereocenters. The van der Waals surface area contributed by atoms with Gasteiger partial charge in [0.25, 0.3) is 0 Å². The van der Waals surface area contributed by atoms with E-state index in [2.05, 4.69) is 6.07 Å². The Balaban J connectivity index is 2.43. The highest BCUT2D eigenvalue weighted by Gasteiger charge is 2.43. The molecule has 0 aromatic carbocycles. The van der Waals surface area contributed by atoms with Gasteiger partial charge in [0.15, 0.2) is 0 Å². The Hall–Kier alpha value is -1.36. The molecule has 14 heavy (non-hydrogen) atoms. The van der Waals surface area contributed by atoms with Crippen LogP contribution in [-0.2, 0) is 4.79 Å². The van der Waals surface area contributed by atoms with E-state index in [1.54, 1.807) is 0 Å². The van der Waals surface area contributed by atoms with Gasteiger partial charge in [0, 0.05) is 6.42 Å². The summed E-state index contributed by atoms with van der Waals surface area (Å²) in [5, 5.41) is 9.03. The number of hydrogen-bond donors (Lipinski definition) is 0. The van der Waals surface area contributed by atoms with Gasteiger partial charge in [0.2, 0.25) is 0 Å². The molecule has 0 N–H and O–H groups in total. The van der Waals surface area contributed by atoms with Gasteiger partial charge in [-0.2, -0.15) is 5.26 Å². The first kappa shape index (κ1) is 9.21. The van der Waals surface area contributed by atoms with E-state index in [-0.39, 0.29) is 17.1 Å². The summed E-state index contributed by atoms with van der Waals surface area (Å²) in [7, 11) is 0. The minimum atomic E-state index is -0.382. The zero-order valence-corrected chi connectivity index (χ0v) is 8.29. The highest BCUT2D eigenvalue weighted by atomic mass is 16.1. The van der Waals surface area contributed by atoms with Crippen molar-refractivity contribution in [3.05, 3.63) is 23.8 Å². The molecule has 0 aromatic rings. The average molecular weight is 187 g/mol. The number of nitriles is 1. The van der Waals surface area contributed by atoms with Gasteiger partial charge in [0.1, 0.15) is 5.78 Å². The van der Waals surface area contributed by atoms with Crippen molar-refractivity contribution in [1.82, 2.24) is 0 Å². The maximum atomic E-state index is 11.7. The SMILES string of the molecule is C[C@]12CC=CC[C@H](C#N)C1=CCC2=O. The third-order valence-corrected chi connectivity index (χ3v) is 3.36. The molecule has 2 nitrogen and oxygen atoms in total. The molecule has 2 aliphatic rings. The molecule has 0 radical (unpaired) electrons. The molecule has 0 bridgehead atoms. The predicted molar refractivity (Wildman–Crippen MR) is 53.3 cm³/mol. The molecular weight excluding hydrogens is 174 g/mol. The summed E-state index contributed by atoms with van der Waals surface area (Å²) >= 11 is 0. The fraction of sp³-hybridized carbons (Fsp3) is 0.500. The molecule has 2 aliphatic carbocycles. The van der Waals surface area contributed by atoms with Gasteiger partial charge < -0.3 is 0 Å². The number of ketones is 1. The van der Waals surface area contributed by atoms with Crippen LogP contribution in [0.5, 0.6) is 0 Å². The van der Waals surface area contributed by atoms with E-state index in [1.165, 1.54) is 0 Å². The maximum Gasteiger partial charge on any atom is 0.146 e. The van der Waals surface area contributed by atoms with Gasteiger partial charge in [-0.15, -0.1) is 0 Å². The summed E-state index contributed by atoms with van der Waals surface area (Å²) in [6.07, 6.45) is 8.04. The standard InChI is InChI=1S/C12H13NO/c1-12-7-3-2-4-9(8-13)10(12)5-6-11(12)14/h2-3,5,9H,4,6-7H2,1H3/t9-,12+/m1/s1. The zero-order chi connectivity index (χ0) is 10.2. The third-order valence-electron chi connectivity index (χ3n) is 3.36. The lowest BCUT2D eigenvalue weighted by Gasteiger charge is -2.25. The van der Waals surface area contributed by atoms with Gasteiger partial charge in [-0.1, -0.05) is 18.2 Å². The van der Waals surface area contributed by atoms with E-state index < -0.39 is 0 Å². The summed E-state index contributed by atoms with van der Waals surface area (Å²) in [6, 6.07) is 2.29. The number of Topliss-reactive ketones (excluding diaryl/α,β-unsaturated/α-hetero) is 1. The fourth-order valence-corrected chi connectivity index (χ4v) is 2.37. The number of carbonyl (C=O) groups is 1. The monoisotopic (exact) mass is 187 g/mol. The Morgan fingerprint density at radius 2 is 2.36 bits per heavy atom. The summed E-state index contributed by atoms with van der Waals surface area (Å²) < 4.78 is 0. The van der Waals surface area contributed by atoms with Crippen LogP contribution in [0.1, 0.15) is 26.2 Å². The van der Waals surface area contributed by atoms with Crippen molar-refractivity contribution in [3.63, 3.8) is 0 Å². The number of carbonyl (C=O) groups excluding carboxylic acids is 1. The summed E-state index contributed by atoms with van der Waals surface area (Å²) in [6.45, 7) is 1.97. The molecule has 0 aromatic heterocycles. The van der Waals surface area contributed by atoms with Crippen LogP contribution in [0.4, 0.5) is 0 Å². The smallest absolute Gasteiger partial charge is 0.146 e. The fourth-order valence-electron chi connectivity index (χ4n) is 2.37. The van der Waals surface area contributed by atoms with Gasteiger partial charge in [-0.3, -0.25) is 4.79 Å². The average Bonchev–Trinajstić information content (AvgIpc) is 2.37. The highest BCUT2D eigenvalue weighted by molar-refractivity contribution is 5.92. The van der Waals surface area contributed by atoms with E-state index in [1.807, 2.05) is 25.2 Å². The maximum absolute atomic E-state index is 11.7. The molecule has 2 heteroatoms. The number of fused-ring (bicyclic) bond motifs is 1. The second-order valence-corrected chi connectivity index (χ2v) is 4.21. The van der Waals surface area contributed by atoms with Crippen molar-refractivity contribution in [2.75, 3.05) is 0 Å². The Morgan fingerprint density at radius 3 is 3.07 bits per heavy atom. The van der Waals surface area contributed by atoms with Crippen LogP contribution in [0.15, 0.2) is 23.8 Å². The topological polar surface area (TPSA) is 40.9 Å². The van der Waals surface area contributed by atoms with Crippen molar-refractivity contribution in [3.8, 4) is 6.07 Å². The van der Waals surface area contributed by atoms with Crippen LogP contribution in [0, 0.1) is 22.7 Å². The zero-order valence-electron chi connectivity index (χ0n) is 8.29. The van der Waals surface area contributed by atoms with E-state index in [9.17, 15) is 4.79 Å². The number of hydrogen-bond acceptors (Lipinski definition) is 2. The van der Waals surface area contributed by atoms with Gasteiger partial charge in [0.05, 0.1) is 17.4 Å². The largest absolute Gasteiger partial charge is 0.298 e. The van der Waals surface area contributed by atoms with Crippen LogP contribution in [-0.4, -0.2) is 5.78 Å². The van der Waals surface area contributed by atoms with Crippen molar-refractivity contribution >= 4 is 5.78 Å². The summed E-state index contributed by atoms with van der Waals surface area (Å²) in [5.74, 6) is 0.171. The van der Waals surface area contributed by atoms with Gasteiger partial charge in [-0.05, 0) is 25.3 Å². The second kappa shape index (κ2) is 3.09. The molecule has 0 unspecified atom stereocenters. The number of nitrogens with zero attached hydrogens (tertiary/aromatic N) is 1. The summed E-state index contributed by atoms with van der Waals surface area (Å²) in [5.41, 5.74) is 0.669. The molecule has 0 saturated heterocycles. The molecule has 0 fully saturated rings. The highest BCUT2D eigenvalue weighted by Crippen LogP contribution is 2.45. The summed E-state index contributed by atoms with van der Waals surface area (Å²) in [4.78, 5) is 11.7. The first-order valence-electron chi connectivity index (χ1n) is 4.97. The molecule has 72 valence electrons. The molecule has 0 aliphatic heterocycles. The van der Waals surface area contributed by atoms with Crippen molar-refractivity contribution in [2.45, 2.75) is 26.2 Å². The second-order valence-electron chi connectivity index (χ2n) is 4.21. The lowest BCUT2D eigenvalue weighted by Crippen LogP contribution is -2.26. The lowest BCUT2D eigenvalue weighted by atomic mass is 9.75. The van der Waals surface area contributed by atoms with E-state index in [4.69, 9.17) is 5.26 Å².